The molecule has 1 aromatic carbocycles. The fourth-order valence-corrected chi connectivity index (χ4v) is 5.37. The fraction of sp³-hybridized carbons (Fsp3) is 0.364. The molecule has 4 aliphatic rings. The van der Waals surface area contributed by atoms with Crippen LogP contribution in [0.3, 0.4) is 0 Å². The molecule has 0 spiro atoms. The quantitative estimate of drug-likeness (QED) is 0.760. The largest absolute Gasteiger partial charge is 0.370 e. The van der Waals surface area contributed by atoms with Crippen LogP contribution in [0.5, 0.6) is 0 Å². The first-order valence-electron chi connectivity index (χ1n) is 10.2. The molecule has 0 aliphatic carbocycles. The van der Waals surface area contributed by atoms with Gasteiger partial charge in [-0.1, -0.05) is 11.6 Å². The van der Waals surface area contributed by atoms with Crippen molar-refractivity contribution in [3.63, 3.8) is 0 Å². The summed E-state index contributed by atoms with van der Waals surface area (Å²) in [7, 11) is 0. The molecule has 8 heteroatoms. The van der Waals surface area contributed by atoms with Gasteiger partial charge in [-0.25, -0.2) is 4.98 Å². The molecule has 1 aromatic heterocycles. The van der Waals surface area contributed by atoms with Gasteiger partial charge in [-0.2, -0.15) is 0 Å². The highest BCUT2D eigenvalue weighted by molar-refractivity contribution is 7.13. The van der Waals surface area contributed by atoms with Gasteiger partial charge in [-0.3, -0.25) is 4.79 Å². The molecule has 1 amide bonds. The van der Waals surface area contributed by atoms with Crippen LogP contribution in [0.1, 0.15) is 12.8 Å². The maximum absolute atomic E-state index is 13.0. The molecule has 1 unspecified atom stereocenters. The maximum Gasteiger partial charge on any atom is 0.253 e. The summed E-state index contributed by atoms with van der Waals surface area (Å²) >= 11 is 7.73. The molecular formula is C22H23ClN4O2S. The van der Waals surface area contributed by atoms with Crippen molar-refractivity contribution in [3.05, 3.63) is 58.7 Å². The van der Waals surface area contributed by atoms with Crippen LogP contribution in [-0.4, -0.2) is 52.8 Å². The van der Waals surface area contributed by atoms with Crippen LogP contribution in [0.15, 0.2) is 53.7 Å². The van der Waals surface area contributed by atoms with Crippen LogP contribution in [0.25, 0.3) is 10.6 Å². The Bertz CT molecular complexity index is 999. The highest BCUT2D eigenvalue weighted by Gasteiger charge is 2.35. The number of benzene rings is 1. The summed E-state index contributed by atoms with van der Waals surface area (Å²) in [6, 6.07) is 5.65. The van der Waals surface area contributed by atoms with Crippen molar-refractivity contribution >= 4 is 34.5 Å². The first-order valence-corrected chi connectivity index (χ1v) is 11.4. The number of aromatic nitrogens is 1. The molecule has 2 atom stereocenters. The van der Waals surface area contributed by atoms with Crippen LogP contribution < -0.4 is 10.2 Å². The topological polar surface area (TPSA) is 68.7 Å². The Morgan fingerprint density at radius 1 is 1.30 bits per heavy atom. The number of halogens is 1. The zero-order chi connectivity index (χ0) is 20.7. The van der Waals surface area contributed by atoms with Gasteiger partial charge in [0.05, 0.1) is 11.3 Å². The first kappa shape index (κ1) is 19.8. The van der Waals surface area contributed by atoms with Crippen molar-refractivity contribution in [1.29, 1.82) is 0 Å². The minimum Gasteiger partial charge on any atom is -0.370 e. The zero-order valence-corrected chi connectivity index (χ0v) is 17.9. The second-order valence-corrected chi connectivity index (χ2v) is 9.31. The molecule has 2 aromatic rings. The fourth-order valence-electron chi connectivity index (χ4n) is 4.54. The van der Waals surface area contributed by atoms with Crippen LogP contribution in [0.4, 0.5) is 5.69 Å². The molecule has 0 radical (unpaired) electrons. The number of aliphatic hydroxyl groups is 1. The molecule has 2 bridgehead atoms. The van der Waals surface area contributed by atoms with Gasteiger partial charge in [-0.15, -0.1) is 11.3 Å². The average Bonchev–Trinajstić information content (AvgIpc) is 3.30. The second kappa shape index (κ2) is 8.15. The van der Waals surface area contributed by atoms with E-state index < -0.39 is 6.23 Å². The molecule has 6 nitrogen and oxygen atoms in total. The lowest BCUT2D eigenvalue weighted by molar-refractivity contribution is -0.119. The van der Waals surface area contributed by atoms with Gasteiger partial charge in [-0.05, 0) is 62.2 Å². The highest BCUT2D eigenvalue weighted by Crippen LogP contribution is 2.36. The van der Waals surface area contributed by atoms with E-state index in [1.165, 1.54) is 11.3 Å². The number of rotatable bonds is 4. The van der Waals surface area contributed by atoms with Crippen molar-refractivity contribution in [2.45, 2.75) is 25.1 Å². The summed E-state index contributed by atoms with van der Waals surface area (Å²) in [5.41, 5.74) is 2.09. The number of hydrogen-bond donors (Lipinski definition) is 2. The summed E-state index contributed by atoms with van der Waals surface area (Å²) in [4.78, 5) is 21.5. The van der Waals surface area contributed by atoms with E-state index in [9.17, 15) is 9.90 Å². The minimum atomic E-state index is -0.877. The maximum atomic E-state index is 13.0. The van der Waals surface area contributed by atoms with Crippen molar-refractivity contribution in [3.8, 4) is 10.6 Å². The van der Waals surface area contributed by atoms with Crippen molar-refractivity contribution < 1.29 is 9.90 Å². The Kier molecular flexibility index (Phi) is 5.37. The third-order valence-electron chi connectivity index (χ3n) is 6.15. The van der Waals surface area contributed by atoms with Gasteiger partial charge in [0, 0.05) is 40.9 Å². The molecular weight excluding hydrogens is 420 g/mol. The van der Waals surface area contributed by atoms with Gasteiger partial charge in [0.1, 0.15) is 11.2 Å². The van der Waals surface area contributed by atoms with Crippen molar-refractivity contribution in [2.75, 3.05) is 24.5 Å². The Morgan fingerprint density at radius 3 is 2.83 bits per heavy atom. The lowest BCUT2D eigenvalue weighted by atomic mass is 9.84. The molecule has 0 saturated carbocycles. The predicted molar refractivity (Wildman–Crippen MR) is 119 cm³/mol. The monoisotopic (exact) mass is 442 g/mol. The van der Waals surface area contributed by atoms with E-state index in [1.54, 1.807) is 35.5 Å². The SMILES string of the molecule is O=C(NC1CN2CCC1CC2)C1=CN(c2ccc(Cl)cc2-c2nccs2)[C@H](O)C=C1. The van der Waals surface area contributed by atoms with E-state index >= 15 is 0 Å². The standard InChI is InChI=1S/C22H23ClN4O2S/c23-16-2-3-19(17(11-16)22-24-7-10-30-22)27-12-15(1-4-20(27)28)21(29)25-18-13-26-8-5-14(18)6-9-26/h1-4,7,10-12,14,18,20,28H,5-6,8-9,13H2,(H,25,29)/t18?,20-/m1/s1. The molecule has 30 heavy (non-hydrogen) atoms. The van der Waals surface area contributed by atoms with Crippen LogP contribution >= 0.6 is 22.9 Å². The van der Waals surface area contributed by atoms with Crippen LogP contribution in [0.2, 0.25) is 5.02 Å². The number of aliphatic hydroxyl groups excluding tert-OH is 1. The number of thiazole rings is 1. The third kappa shape index (κ3) is 3.78. The lowest BCUT2D eigenvalue weighted by Gasteiger charge is -2.45. The highest BCUT2D eigenvalue weighted by atomic mass is 35.5. The summed E-state index contributed by atoms with van der Waals surface area (Å²) in [6.07, 6.45) is 8.18. The van der Waals surface area contributed by atoms with E-state index in [0.717, 1.165) is 48.7 Å². The van der Waals surface area contributed by atoms with Crippen molar-refractivity contribution in [1.82, 2.24) is 15.2 Å². The Balaban J connectivity index is 1.41. The Morgan fingerprint density at radius 2 is 2.13 bits per heavy atom. The summed E-state index contributed by atoms with van der Waals surface area (Å²) in [5, 5.41) is 17.1. The number of carbonyl (C=O) groups is 1. The number of carbonyl (C=O) groups excluding carboxylic acids is 1. The van der Waals surface area contributed by atoms with E-state index in [4.69, 9.17) is 11.6 Å². The number of hydrogen-bond acceptors (Lipinski definition) is 6. The number of amides is 1. The van der Waals surface area contributed by atoms with E-state index in [0.29, 0.717) is 16.5 Å². The molecule has 5 heterocycles. The van der Waals surface area contributed by atoms with Gasteiger partial charge in [0.2, 0.25) is 0 Å². The van der Waals surface area contributed by atoms with E-state index in [-0.39, 0.29) is 11.9 Å². The average molecular weight is 443 g/mol. The van der Waals surface area contributed by atoms with Crippen LogP contribution in [0, 0.1) is 5.92 Å². The molecule has 156 valence electrons. The van der Waals surface area contributed by atoms with Crippen molar-refractivity contribution in [2.24, 2.45) is 5.92 Å². The number of fused-ring (bicyclic) bond motifs is 3. The smallest absolute Gasteiger partial charge is 0.253 e. The first-order chi connectivity index (χ1) is 14.6. The molecule has 2 N–H and O–H groups in total. The summed E-state index contributed by atoms with van der Waals surface area (Å²) in [6.45, 7) is 3.19. The summed E-state index contributed by atoms with van der Waals surface area (Å²) < 4.78 is 0. The number of piperidine rings is 3. The molecule has 6 rings (SSSR count). The Hall–Kier alpha value is -2.19. The molecule has 4 aliphatic heterocycles. The normalized spacial score (nSPS) is 27.8. The number of anilines is 1. The minimum absolute atomic E-state index is 0.105. The second-order valence-electron chi connectivity index (χ2n) is 7.98. The lowest BCUT2D eigenvalue weighted by Crippen LogP contribution is -2.57. The van der Waals surface area contributed by atoms with Crippen LogP contribution in [-0.2, 0) is 4.79 Å². The van der Waals surface area contributed by atoms with E-state index in [2.05, 4.69) is 15.2 Å². The molecule has 3 saturated heterocycles. The van der Waals surface area contributed by atoms with E-state index in [1.807, 2.05) is 17.5 Å². The van der Waals surface area contributed by atoms with Gasteiger partial charge < -0.3 is 20.2 Å². The third-order valence-corrected chi connectivity index (χ3v) is 7.19. The molecule has 3 fully saturated rings. The Labute approximate surface area is 184 Å². The van der Waals surface area contributed by atoms with Gasteiger partial charge in [0.15, 0.2) is 0 Å². The summed E-state index contributed by atoms with van der Waals surface area (Å²) in [5.74, 6) is 0.452. The van der Waals surface area contributed by atoms with Gasteiger partial charge >= 0.3 is 0 Å². The predicted octanol–water partition coefficient (Wildman–Crippen LogP) is 3.25. The number of nitrogens with zero attached hydrogens (tertiary/aromatic N) is 3. The zero-order valence-electron chi connectivity index (χ0n) is 16.4. The number of nitrogens with one attached hydrogen (secondary N) is 1. The van der Waals surface area contributed by atoms with Gasteiger partial charge in [0.25, 0.3) is 5.91 Å².